The van der Waals surface area contributed by atoms with E-state index < -0.39 is 5.97 Å². The number of pyridine rings is 1. The lowest BCUT2D eigenvalue weighted by atomic mass is 10.1. The summed E-state index contributed by atoms with van der Waals surface area (Å²) in [4.78, 5) is 15.0. The molecule has 0 radical (unpaired) electrons. The zero-order valence-corrected chi connectivity index (χ0v) is 12.5. The largest absolute Gasteiger partial charge is 0.504 e. The number of aromatic hydroxyl groups is 1. The number of aromatic carboxylic acids is 1. The van der Waals surface area contributed by atoms with Crippen LogP contribution in [0, 0.1) is 0 Å². The lowest BCUT2D eigenvalue weighted by Gasteiger charge is -2.10. The minimum atomic E-state index is -1.10. The molecule has 0 fully saturated rings. The second-order valence-corrected chi connectivity index (χ2v) is 5.04. The monoisotopic (exact) mass is 301 g/mol. The van der Waals surface area contributed by atoms with Crippen molar-refractivity contribution in [2.75, 3.05) is 0 Å². The van der Waals surface area contributed by atoms with E-state index in [1.807, 2.05) is 6.07 Å². The van der Waals surface area contributed by atoms with Gasteiger partial charge in [-0.05, 0) is 36.6 Å². The Balaban J connectivity index is 2.15. The standard InChI is InChI=1S/C17H19NO4/c1-2-3-4-5-12-6-7-15(14(19)10-12)22-16-11-18-9-8-13(16)17(20)21/h6-11,19H,2-5H2,1H3,(H,20,21). The number of hydrogen-bond donors (Lipinski definition) is 2. The summed E-state index contributed by atoms with van der Waals surface area (Å²) in [6.07, 6.45) is 6.96. The van der Waals surface area contributed by atoms with Crippen LogP contribution >= 0.6 is 0 Å². The smallest absolute Gasteiger partial charge is 0.339 e. The van der Waals surface area contributed by atoms with Crippen LogP contribution in [-0.2, 0) is 6.42 Å². The van der Waals surface area contributed by atoms with Crippen molar-refractivity contribution in [3.8, 4) is 17.2 Å². The van der Waals surface area contributed by atoms with Crippen LogP contribution in [0.3, 0.4) is 0 Å². The lowest BCUT2D eigenvalue weighted by molar-refractivity contribution is 0.0694. The van der Waals surface area contributed by atoms with Crippen molar-refractivity contribution in [1.29, 1.82) is 0 Å². The van der Waals surface area contributed by atoms with E-state index in [0.717, 1.165) is 31.2 Å². The molecule has 0 aliphatic rings. The first kappa shape index (κ1) is 15.8. The van der Waals surface area contributed by atoms with Gasteiger partial charge in [0.1, 0.15) is 5.56 Å². The summed E-state index contributed by atoms with van der Waals surface area (Å²) < 4.78 is 5.49. The molecule has 2 aromatic rings. The Morgan fingerprint density at radius 1 is 1.23 bits per heavy atom. The van der Waals surface area contributed by atoms with Gasteiger partial charge in [0, 0.05) is 6.20 Å². The molecule has 1 aromatic heterocycles. The molecule has 0 spiro atoms. The second-order valence-electron chi connectivity index (χ2n) is 5.04. The van der Waals surface area contributed by atoms with Crippen molar-refractivity contribution >= 4 is 5.97 Å². The third kappa shape index (κ3) is 3.97. The summed E-state index contributed by atoms with van der Waals surface area (Å²) in [6, 6.07) is 6.53. The molecule has 0 aliphatic carbocycles. The van der Waals surface area contributed by atoms with E-state index in [1.54, 1.807) is 12.1 Å². The van der Waals surface area contributed by atoms with Crippen molar-refractivity contribution in [3.05, 3.63) is 47.8 Å². The maximum absolute atomic E-state index is 11.1. The van der Waals surface area contributed by atoms with Gasteiger partial charge in [-0.25, -0.2) is 4.79 Å². The van der Waals surface area contributed by atoms with E-state index in [2.05, 4.69) is 11.9 Å². The Bertz CT molecular complexity index is 655. The minimum Gasteiger partial charge on any atom is -0.504 e. The summed E-state index contributed by atoms with van der Waals surface area (Å²) in [6.45, 7) is 2.14. The third-order valence-electron chi connectivity index (χ3n) is 3.33. The number of phenols is 1. The van der Waals surface area contributed by atoms with E-state index in [-0.39, 0.29) is 22.8 Å². The number of phenolic OH excluding ortho intramolecular Hbond substituents is 1. The van der Waals surface area contributed by atoms with E-state index >= 15 is 0 Å². The van der Waals surface area contributed by atoms with Crippen molar-refractivity contribution in [2.45, 2.75) is 32.6 Å². The van der Waals surface area contributed by atoms with Crippen LogP contribution in [0.1, 0.15) is 42.1 Å². The number of rotatable bonds is 7. The van der Waals surface area contributed by atoms with Crippen molar-refractivity contribution in [2.24, 2.45) is 0 Å². The summed E-state index contributed by atoms with van der Waals surface area (Å²) in [7, 11) is 0. The van der Waals surface area contributed by atoms with Gasteiger partial charge in [-0.15, -0.1) is 0 Å². The first-order valence-corrected chi connectivity index (χ1v) is 7.29. The normalized spacial score (nSPS) is 10.4. The molecule has 0 bridgehead atoms. The van der Waals surface area contributed by atoms with Crippen LogP contribution in [0.5, 0.6) is 17.2 Å². The van der Waals surface area contributed by atoms with Gasteiger partial charge >= 0.3 is 5.97 Å². The van der Waals surface area contributed by atoms with Gasteiger partial charge in [0.15, 0.2) is 17.2 Å². The SMILES string of the molecule is CCCCCc1ccc(Oc2cnccc2C(=O)O)c(O)c1. The van der Waals surface area contributed by atoms with Crippen LogP contribution in [0.2, 0.25) is 0 Å². The van der Waals surface area contributed by atoms with Crippen molar-refractivity contribution in [3.63, 3.8) is 0 Å². The second kappa shape index (κ2) is 7.45. The van der Waals surface area contributed by atoms with Crippen molar-refractivity contribution < 1.29 is 19.7 Å². The first-order valence-electron chi connectivity index (χ1n) is 7.29. The fourth-order valence-corrected chi connectivity index (χ4v) is 2.14. The molecule has 116 valence electrons. The zero-order chi connectivity index (χ0) is 15.9. The summed E-state index contributed by atoms with van der Waals surface area (Å²) in [5.74, 6) is -0.791. The molecule has 2 rings (SSSR count). The van der Waals surface area contributed by atoms with Crippen LogP contribution in [0.4, 0.5) is 0 Å². The highest BCUT2D eigenvalue weighted by Crippen LogP contribution is 2.33. The van der Waals surface area contributed by atoms with Gasteiger partial charge in [-0.1, -0.05) is 25.8 Å². The summed E-state index contributed by atoms with van der Waals surface area (Å²) in [5.41, 5.74) is 1.03. The predicted molar refractivity (Wildman–Crippen MR) is 82.6 cm³/mol. The van der Waals surface area contributed by atoms with Crippen molar-refractivity contribution in [1.82, 2.24) is 4.98 Å². The van der Waals surface area contributed by atoms with Gasteiger partial charge in [0.25, 0.3) is 0 Å². The number of unbranched alkanes of at least 4 members (excludes halogenated alkanes) is 2. The highest BCUT2D eigenvalue weighted by Gasteiger charge is 2.13. The van der Waals surface area contributed by atoms with Gasteiger partial charge in [0.05, 0.1) is 6.20 Å². The average molecular weight is 301 g/mol. The number of aryl methyl sites for hydroxylation is 1. The Kier molecular flexibility index (Phi) is 5.36. The number of nitrogens with zero attached hydrogens (tertiary/aromatic N) is 1. The fourth-order valence-electron chi connectivity index (χ4n) is 2.14. The van der Waals surface area contributed by atoms with Gasteiger partial charge in [-0.2, -0.15) is 0 Å². The van der Waals surface area contributed by atoms with Crippen LogP contribution in [-0.4, -0.2) is 21.2 Å². The molecule has 0 unspecified atom stereocenters. The Morgan fingerprint density at radius 2 is 2.05 bits per heavy atom. The van der Waals surface area contributed by atoms with E-state index in [9.17, 15) is 9.90 Å². The molecule has 2 N–H and O–H groups in total. The molecule has 1 heterocycles. The first-order chi connectivity index (χ1) is 10.6. The molecule has 0 saturated heterocycles. The zero-order valence-electron chi connectivity index (χ0n) is 12.5. The molecule has 5 heteroatoms. The van der Waals surface area contributed by atoms with Crippen LogP contribution < -0.4 is 4.74 Å². The van der Waals surface area contributed by atoms with E-state index in [0.29, 0.717) is 0 Å². The maximum Gasteiger partial charge on any atom is 0.339 e. The quantitative estimate of drug-likeness (QED) is 0.755. The Morgan fingerprint density at radius 3 is 2.73 bits per heavy atom. The number of carboxylic acids is 1. The van der Waals surface area contributed by atoms with E-state index in [1.165, 1.54) is 18.5 Å². The molecule has 5 nitrogen and oxygen atoms in total. The number of benzene rings is 1. The highest BCUT2D eigenvalue weighted by molar-refractivity contribution is 5.90. The number of hydrogen-bond acceptors (Lipinski definition) is 4. The number of carbonyl (C=O) groups is 1. The lowest BCUT2D eigenvalue weighted by Crippen LogP contribution is -2.00. The molecule has 1 aromatic carbocycles. The molecule has 0 atom stereocenters. The van der Waals surface area contributed by atoms with Gasteiger partial charge in [0.2, 0.25) is 0 Å². The Labute approximate surface area is 129 Å². The average Bonchev–Trinajstić information content (AvgIpc) is 2.50. The molecule has 0 amide bonds. The number of aromatic nitrogens is 1. The number of carboxylic acid groups (broad SMARTS) is 1. The topological polar surface area (TPSA) is 79.7 Å². The number of ether oxygens (including phenoxy) is 1. The molecular formula is C17H19NO4. The van der Waals surface area contributed by atoms with Crippen LogP contribution in [0.25, 0.3) is 0 Å². The molecular weight excluding hydrogens is 282 g/mol. The molecule has 0 saturated carbocycles. The minimum absolute atomic E-state index is 0.00132. The predicted octanol–water partition coefficient (Wildman–Crippen LogP) is 4.01. The summed E-state index contributed by atoms with van der Waals surface area (Å²) in [5, 5.41) is 19.2. The van der Waals surface area contributed by atoms with E-state index in [4.69, 9.17) is 9.84 Å². The highest BCUT2D eigenvalue weighted by atomic mass is 16.5. The maximum atomic E-state index is 11.1. The molecule has 0 aliphatic heterocycles. The Hall–Kier alpha value is -2.56. The molecule has 22 heavy (non-hydrogen) atoms. The fraction of sp³-hybridized carbons (Fsp3) is 0.294. The summed E-state index contributed by atoms with van der Waals surface area (Å²) >= 11 is 0. The van der Waals surface area contributed by atoms with Gasteiger partial charge < -0.3 is 14.9 Å². The third-order valence-corrected chi connectivity index (χ3v) is 3.33. The van der Waals surface area contributed by atoms with Gasteiger partial charge in [-0.3, -0.25) is 4.98 Å². The van der Waals surface area contributed by atoms with Crippen LogP contribution in [0.15, 0.2) is 36.7 Å².